The summed E-state index contributed by atoms with van der Waals surface area (Å²) in [5, 5.41) is 2.92. The first kappa shape index (κ1) is 18.3. The quantitative estimate of drug-likeness (QED) is 0.838. The summed E-state index contributed by atoms with van der Waals surface area (Å²) in [6, 6.07) is 9.64. The molecule has 0 radical (unpaired) electrons. The number of amides is 2. The fourth-order valence-corrected chi connectivity index (χ4v) is 3.31. The molecule has 0 unspecified atom stereocenters. The fourth-order valence-electron chi connectivity index (χ4n) is 3.31. The highest BCUT2D eigenvalue weighted by Crippen LogP contribution is 2.33. The standard InChI is InChI=1S/C20H26N2O4/c1-20(2,3)26-19(24)22-11-15-9-17(10-16(15)12-22)21-18(23)25-13-14-7-5-4-6-8-14/h4-8,17H,9-13H2,1-3H3,(H,21,23). The van der Waals surface area contributed by atoms with Crippen LogP contribution in [-0.2, 0) is 16.1 Å². The average Bonchev–Trinajstić information content (AvgIpc) is 3.11. The van der Waals surface area contributed by atoms with Gasteiger partial charge >= 0.3 is 12.2 Å². The van der Waals surface area contributed by atoms with Gasteiger partial charge in [-0.15, -0.1) is 0 Å². The van der Waals surface area contributed by atoms with Crippen LogP contribution in [0.5, 0.6) is 0 Å². The maximum Gasteiger partial charge on any atom is 0.410 e. The molecule has 2 amide bonds. The molecular weight excluding hydrogens is 332 g/mol. The first-order chi connectivity index (χ1) is 12.3. The first-order valence-electron chi connectivity index (χ1n) is 8.95. The number of alkyl carbamates (subject to hydrolysis) is 1. The number of likely N-dealkylation sites (tertiary alicyclic amines) is 1. The SMILES string of the molecule is CC(C)(C)OC(=O)N1CC2=C(CC(NC(=O)OCc3ccccc3)C2)C1. The summed E-state index contributed by atoms with van der Waals surface area (Å²) in [4.78, 5) is 25.9. The summed E-state index contributed by atoms with van der Waals surface area (Å²) in [6.45, 7) is 7.03. The number of carbonyl (C=O) groups excluding carboxylic acids is 2. The number of hydrogen-bond donors (Lipinski definition) is 1. The maximum absolute atomic E-state index is 12.2. The number of nitrogens with one attached hydrogen (secondary N) is 1. The van der Waals surface area contributed by atoms with E-state index in [1.165, 1.54) is 11.1 Å². The number of ether oxygens (including phenoxy) is 2. The van der Waals surface area contributed by atoms with Gasteiger partial charge in [-0.3, -0.25) is 0 Å². The average molecular weight is 358 g/mol. The summed E-state index contributed by atoms with van der Waals surface area (Å²) in [5.41, 5.74) is 2.92. The summed E-state index contributed by atoms with van der Waals surface area (Å²) < 4.78 is 10.7. The molecule has 1 N–H and O–H groups in total. The van der Waals surface area contributed by atoms with E-state index in [0.717, 1.165) is 18.4 Å². The smallest absolute Gasteiger partial charge is 0.410 e. The van der Waals surface area contributed by atoms with Gasteiger partial charge in [0.05, 0.1) is 0 Å². The van der Waals surface area contributed by atoms with Gasteiger partial charge in [0.25, 0.3) is 0 Å². The lowest BCUT2D eigenvalue weighted by Crippen LogP contribution is -2.38. The normalized spacial score (nSPS) is 17.3. The zero-order valence-corrected chi connectivity index (χ0v) is 15.6. The fraction of sp³-hybridized carbons (Fsp3) is 0.500. The monoisotopic (exact) mass is 358 g/mol. The Hall–Kier alpha value is -2.50. The molecule has 2 aliphatic rings. The van der Waals surface area contributed by atoms with Gasteiger partial charge in [-0.2, -0.15) is 0 Å². The van der Waals surface area contributed by atoms with Crippen LogP contribution in [0.3, 0.4) is 0 Å². The Bertz CT molecular complexity index is 688. The third kappa shape index (κ3) is 4.77. The second-order valence-corrected chi connectivity index (χ2v) is 7.85. The molecule has 0 bridgehead atoms. The molecule has 0 atom stereocenters. The Morgan fingerprint density at radius 2 is 1.73 bits per heavy atom. The van der Waals surface area contributed by atoms with E-state index in [9.17, 15) is 9.59 Å². The lowest BCUT2D eigenvalue weighted by molar-refractivity contribution is 0.0295. The van der Waals surface area contributed by atoms with Gasteiger partial charge in [-0.25, -0.2) is 9.59 Å². The van der Waals surface area contributed by atoms with Crippen LogP contribution in [0.2, 0.25) is 0 Å². The van der Waals surface area contributed by atoms with Crippen LogP contribution < -0.4 is 5.32 Å². The van der Waals surface area contributed by atoms with E-state index < -0.39 is 11.7 Å². The highest BCUT2D eigenvalue weighted by atomic mass is 16.6. The van der Waals surface area contributed by atoms with Crippen LogP contribution in [0.4, 0.5) is 9.59 Å². The van der Waals surface area contributed by atoms with Gasteiger partial charge in [-0.1, -0.05) is 30.3 Å². The molecular formula is C20H26N2O4. The molecule has 6 nitrogen and oxygen atoms in total. The van der Waals surface area contributed by atoms with E-state index in [1.54, 1.807) is 4.90 Å². The molecule has 0 saturated carbocycles. The summed E-state index contributed by atoms with van der Waals surface area (Å²) in [7, 11) is 0. The second-order valence-electron chi connectivity index (χ2n) is 7.85. The first-order valence-corrected chi connectivity index (χ1v) is 8.95. The highest BCUT2D eigenvalue weighted by molar-refractivity contribution is 5.71. The predicted molar refractivity (Wildman–Crippen MR) is 97.6 cm³/mol. The molecule has 0 fully saturated rings. The number of hydrogen-bond acceptors (Lipinski definition) is 4. The van der Waals surface area contributed by atoms with Gasteiger partial charge in [-0.05, 0) is 50.3 Å². The minimum Gasteiger partial charge on any atom is -0.445 e. The van der Waals surface area contributed by atoms with Crippen LogP contribution >= 0.6 is 0 Å². The number of nitrogens with zero attached hydrogens (tertiary/aromatic N) is 1. The molecule has 0 aromatic heterocycles. The molecule has 26 heavy (non-hydrogen) atoms. The van der Waals surface area contributed by atoms with E-state index in [4.69, 9.17) is 9.47 Å². The molecule has 1 aromatic rings. The summed E-state index contributed by atoms with van der Waals surface area (Å²) in [5.74, 6) is 0. The highest BCUT2D eigenvalue weighted by Gasteiger charge is 2.35. The summed E-state index contributed by atoms with van der Waals surface area (Å²) >= 11 is 0. The third-order valence-electron chi connectivity index (χ3n) is 4.44. The largest absolute Gasteiger partial charge is 0.445 e. The van der Waals surface area contributed by atoms with Crippen molar-refractivity contribution >= 4 is 12.2 Å². The molecule has 0 saturated heterocycles. The molecule has 1 heterocycles. The lowest BCUT2D eigenvalue weighted by Gasteiger charge is -2.26. The molecule has 1 aliphatic heterocycles. The second kappa shape index (κ2) is 7.40. The Labute approximate surface area is 154 Å². The van der Waals surface area contributed by atoms with Crippen LogP contribution in [0.15, 0.2) is 41.5 Å². The minimum atomic E-state index is -0.489. The van der Waals surface area contributed by atoms with Crippen molar-refractivity contribution in [2.75, 3.05) is 13.1 Å². The van der Waals surface area contributed by atoms with Crippen LogP contribution in [0, 0.1) is 0 Å². The Balaban J connectivity index is 1.41. The van der Waals surface area contributed by atoms with Crippen molar-refractivity contribution in [2.45, 2.75) is 51.9 Å². The van der Waals surface area contributed by atoms with Crippen LogP contribution in [0.1, 0.15) is 39.2 Å². The van der Waals surface area contributed by atoms with E-state index in [1.807, 2.05) is 51.1 Å². The van der Waals surface area contributed by atoms with Gasteiger partial charge in [0.15, 0.2) is 0 Å². The van der Waals surface area contributed by atoms with E-state index >= 15 is 0 Å². The van der Waals surface area contributed by atoms with E-state index in [0.29, 0.717) is 13.1 Å². The lowest BCUT2D eigenvalue weighted by atomic mass is 10.1. The van der Waals surface area contributed by atoms with Crippen molar-refractivity contribution in [3.8, 4) is 0 Å². The number of carbonyl (C=O) groups is 2. The number of benzene rings is 1. The van der Waals surface area contributed by atoms with Crippen molar-refractivity contribution in [1.82, 2.24) is 10.2 Å². The third-order valence-corrected chi connectivity index (χ3v) is 4.44. The predicted octanol–water partition coefficient (Wildman–Crippen LogP) is 3.62. The van der Waals surface area contributed by atoms with Gasteiger partial charge in [0, 0.05) is 19.1 Å². The molecule has 3 rings (SSSR count). The number of rotatable bonds is 3. The zero-order valence-electron chi connectivity index (χ0n) is 15.6. The zero-order chi connectivity index (χ0) is 18.7. The minimum absolute atomic E-state index is 0.0454. The van der Waals surface area contributed by atoms with Crippen molar-refractivity contribution in [3.05, 3.63) is 47.0 Å². The molecule has 140 valence electrons. The topological polar surface area (TPSA) is 67.9 Å². The van der Waals surface area contributed by atoms with Crippen molar-refractivity contribution in [2.24, 2.45) is 0 Å². The Morgan fingerprint density at radius 1 is 1.12 bits per heavy atom. The van der Waals surface area contributed by atoms with Crippen molar-refractivity contribution in [1.29, 1.82) is 0 Å². The van der Waals surface area contributed by atoms with Gasteiger partial charge < -0.3 is 19.7 Å². The molecule has 0 spiro atoms. The van der Waals surface area contributed by atoms with Crippen LogP contribution in [0.25, 0.3) is 0 Å². The van der Waals surface area contributed by atoms with E-state index in [2.05, 4.69) is 5.32 Å². The van der Waals surface area contributed by atoms with Crippen molar-refractivity contribution < 1.29 is 19.1 Å². The Kier molecular flexibility index (Phi) is 5.20. The van der Waals surface area contributed by atoms with Crippen LogP contribution in [-0.4, -0.2) is 41.8 Å². The van der Waals surface area contributed by atoms with E-state index in [-0.39, 0.29) is 18.7 Å². The van der Waals surface area contributed by atoms with Gasteiger partial charge in [0.1, 0.15) is 12.2 Å². The molecule has 1 aliphatic carbocycles. The maximum atomic E-state index is 12.2. The summed E-state index contributed by atoms with van der Waals surface area (Å²) in [6.07, 6.45) is 0.840. The Morgan fingerprint density at radius 3 is 2.31 bits per heavy atom. The molecule has 6 heteroatoms. The van der Waals surface area contributed by atoms with Crippen molar-refractivity contribution in [3.63, 3.8) is 0 Å². The molecule has 1 aromatic carbocycles. The van der Waals surface area contributed by atoms with Gasteiger partial charge in [0.2, 0.25) is 0 Å².